The van der Waals surface area contributed by atoms with Crippen LogP contribution in [0.1, 0.15) is 47.3 Å². The Morgan fingerprint density at radius 2 is 1.88 bits per heavy atom. The highest BCUT2D eigenvalue weighted by molar-refractivity contribution is 5.92. The third-order valence-electron chi connectivity index (χ3n) is 4.51. The van der Waals surface area contributed by atoms with Gasteiger partial charge < -0.3 is 15.8 Å². The minimum absolute atomic E-state index is 0.0285. The minimum Gasteiger partial charge on any atom is -0.481 e. The van der Waals surface area contributed by atoms with E-state index in [1.807, 2.05) is 12.1 Å². The zero-order valence-corrected chi connectivity index (χ0v) is 14.2. The van der Waals surface area contributed by atoms with Crippen molar-refractivity contribution in [2.45, 2.75) is 38.3 Å². The monoisotopic (exact) mass is 338 g/mol. The number of carbonyl (C=O) groups is 2. The van der Waals surface area contributed by atoms with Crippen LogP contribution >= 0.6 is 0 Å². The molecule has 5 nitrogen and oxygen atoms in total. The summed E-state index contributed by atoms with van der Waals surface area (Å²) in [5, 5.41) is 3.09. The molecule has 2 aromatic carbocycles. The van der Waals surface area contributed by atoms with Gasteiger partial charge in [-0.15, -0.1) is 0 Å². The molecule has 2 amide bonds. The van der Waals surface area contributed by atoms with Crippen LogP contribution in [0.3, 0.4) is 0 Å². The number of fused-ring (bicyclic) bond motifs is 1. The highest BCUT2D eigenvalue weighted by atomic mass is 16.5. The standard InChI is InChI=1S/C20H22N2O3/c1-13(25-16-11-9-15(10-12-16)19(21)23)20(24)22-18-8-4-6-14-5-2-3-7-17(14)18/h2-3,5,7,9-13,18H,4,6,8H2,1H3,(H2,21,23)(H,22,24)/t13-,18+/m1/s1. The van der Waals surface area contributed by atoms with E-state index in [4.69, 9.17) is 10.5 Å². The molecule has 0 aliphatic heterocycles. The summed E-state index contributed by atoms with van der Waals surface area (Å²) >= 11 is 0. The van der Waals surface area contributed by atoms with E-state index in [-0.39, 0.29) is 11.9 Å². The van der Waals surface area contributed by atoms with Crippen molar-refractivity contribution in [3.63, 3.8) is 0 Å². The van der Waals surface area contributed by atoms with E-state index in [9.17, 15) is 9.59 Å². The predicted molar refractivity (Wildman–Crippen MR) is 95.3 cm³/mol. The van der Waals surface area contributed by atoms with Gasteiger partial charge in [0.1, 0.15) is 5.75 Å². The molecule has 0 aromatic heterocycles. The number of aryl methyl sites for hydroxylation is 1. The summed E-state index contributed by atoms with van der Waals surface area (Å²) < 4.78 is 5.68. The first kappa shape index (κ1) is 17.0. The van der Waals surface area contributed by atoms with Crippen LogP contribution in [0.25, 0.3) is 0 Å². The Kier molecular flexibility index (Phi) is 5.03. The quantitative estimate of drug-likeness (QED) is 0.879. The zero-order chi connectivity index (χ0) is 17.8. The predicted octanol–water partition coefficient (Wildman–Crippen LogP) is 2.75. The Bertz CT molecular complexity index is 771. The number of primary amides is 1. The smallest absolute Gasteiger partial charge is 0.261 e. The molecule has 25 heavy (non-hydrogen) atoms. The third kappa shape index (κ3) is 3.99. The van der Waals surface area contributed by atoms with Crippen molar-refractivity contribution in [1.82, 2.24) is 5.32 Å². The number of carbonyl (C=O) groups excluding carboxylic acids is 2. The van der Waals surface area contributed by atoms with Gasteiger partial charge in [-0.1, -0.05) is 24.3 Å². The third-order valence-corrected chi connectivity index (χ3v) is 4.51. The van der Waals surface area contributed by atoms with Gasteiger partial charge in [0.2, 0.25) is 5.91 Å². The summed E-state index contributed by atoms with van der Waals surface area (Å²) in [6, 6.07) is 14.7. The van der Waals surface area contributed by atoms with Crippen LogP contribution in [-0.2, 0) is 11.2 Å². The lowest BCUT2D eigenvalue weighted by atomic mass is 9.87. The Balaban J connectivity index is 1.62. The Labute approximate surface area is 147 Å². The summed E-state index contributed by atoms with van der Waals surface area (Å²) in [6.45, 7) is 1.71. The molecule has 2 atom stereocenters. The summed E-state index contributed by atoms with van der Waals surface area (Å²) in [5.74, 6) is -0.120. The summed E-state index contributed by atoms with van der Waals surface area (Å²) in [7, 11) is 0. The lowest BCUT2D eigenvalue weighted by molar-refractivity contribution is -0.128. The van der Waals surface area contributed by atoms with E-state index >= 15 is 0 Å². The van der Waals surface area contributed by atoms with Gasteiger partial charge in [0.25, 0.3) is 5.91 Å². The number of nitrogens with two attached hydrogens (primary N) is 1. The highest BCUT2D eigenvalue weighted by Gasteiger charge is 2.24. The van der Waals surface area contributed by atoms with E-state index in [1.165, 1.54) is 11.1 Å². The fraction of sp³-hybridized carbons (Fsp3) is 0.300. The van der Waals surface area contributed by atoms with Crippen LogP contribution < -0.4 is 15.8 Å². The Morgan fingerprint density at radius 3 is 2.60 bits per heavy atom. The molecule has 1 aliphatic carbocycles. The van der Waals surface area contributed by atoms with Gasteiger partial charge in [-0.3, -0.25) is 9.59 Å². The number of nitrogens with one attached hydrogen (secondary N) is 1. The van der Waals surface area contributed by atoms with Crippen molar-refractivity contribution < 1.29 is 14.3 Å². The van der Waals surface area contributed by atoms with E-state index in [2.05, 4.69) is 17.4 Å². The average molecular weight is 338 g/mol. The van der Waals surface area contributed by atoms with Gasteiger partial charge in [0.15, 0.2) is 6.10 Å². The Hall–Kier alpha value is -2.82. The van der Waals surface area contributed by atoms with Crippen LogP contribution in [0.15, 0.2) is 48.5 Å². The van der Waals surface area contributed by atoms with Crippen LogP contribution in [0.4, 0.5) is 0 Å². The van der Waals surface area contributed by atoms with Crippen LogP contribution in [0, 0.1) is 0 Å². The number of amides is 2. The topological polar surface area (TPSA) is 81.4 Å². The fourth-order valence-corrected chi connectivity index (χ4v) is 3.15. The first-order valence-corrected chi connectivity index (χ1v) is 8.49. The summed E-state index contributed by atoms with van der Waals surface area (Å²) in [6.07, 6.45) is 2.42. The van der Waals surface area contributed by atoms with E-state index < -0.39 is 12.0 Å². The molecule has 1 aliphatic rings. The van der Waals surface area contributed by atoms with Crippen LogP contribution in [-0.4, -0.2) is 17.9 Å². The number of benzene rings is 2. The molecule has 0 bridgehead atoms. The Morgan fingerprint density at radius 1 is 1.16 bits per heavy atom. The van der Waals surface area contributed by atoms with Gasteiger partial charge in [-0.25, -0.2) is 0 Å². The largest absolute Gasteiger partial charge is 0.481 e. The van der Waals surface area contributed by atoms with Gasteiger partial charge in [-0.05, 0) is 61.6 Å². The molecule has 5 heteroatoms. The molecule has 0 saturated carbocycles. The van der Waals surface area contributed by atoms with Gasteiger partial charge in [0.05, 0.1) is 6.04 Å². The van der Waals surface area contributed by atoms with Gasteiger partial charge in [-0.2, -0.15) is 0 Å². The minimum atomic E-state index is -0.631. The summed E-state index contributed by atoms with van der Waals surface area (Å²) in [5.41, 5.74) is 8.11. The SMILES string of the molecule is C[C@@H](Oc1ccc(C(N)=O)cc1)C(=O)N[C@H]1CCCc2ccccc21. The molecule has 130 valence electrons. The van der Waals surface area contributed by atoms with Crippen molar-refractivity contribution in [2.75, 3.05) is 0 Å². The lowest BCUT2D eigenvalue weighted by Crippen LogP contribution is -2.39. The molecule has 3 N–H and O–H groups in total. The molecule has 0 heterocycles. The molecular formula is C20H22N2O3. The number of hydrogen-bond donors (Lipinski definition) is 2. The van der Waals surface area contributed by atoms with Crippen molar-refractivity contribution in [3.8, 4) is 5.75 Å². The molecular weight excluding hydrogens is 316 g/mol. The summed E-state index contributed by atoms with van der Waals surface area (Å²) in [4.78, 5) is 23.6. The highest BCUT2D eigenvalue weighted by Crippen LogP contribution is 2.29. The first-order valence-electron chi connectivity index (χ1n) is 8.49. The second-order valence-corrected chi connectivity index (χ2v) is 6.30. The maximum atomic E-state index is 12.5. The van der Waals surface area contributed by atoms with Crippen molar-refractivity contribution in [2.24, 2.45) is 5.73 Å². The molecule has 3 rings (SSSR count). The normalized spacial score (nSPS) is 17.2. The van der Waals surface area contributed by atoms with Crippen molar-refractivity contribution in [3.05, 3.63) is 65.2 Å². The van der Waals surface area contributed by atoms with Crippen LogP contribution in [0.5, 0.6) is 5.75 Å². The van der Waals surface area contributed by atoms with Gasteiger partial charge >= 0.3 is 0 Å². The van der Waals surface area contributed by atoms with Crippen LogP contribution in [0.2, 0.25) is 0 Å². The van der Waals surface area contributed by atoms with E-state index in [0.717, 1.165) is 19.3 Å². The zero-order valence-electron chi connectivity index (χ0n) is 14.2. The number of hydrogen-bond acceptors (Lipinski definition) is 3. The maximum absolute atomic E-state index is 12.5. The molecule has 2 aromatic rings. The van der Waals surface area contributed by atoms with Crippen molar-refractivity contribution >= 4 is 11.8 Å². The molecule has 0 unspecified atom stereocenters. The molecule has 0 spiro atoms. The number of rotatable bonds is 5. The lowest BCUT2D eigenvalue weighted by Gasteiger charge is -2.27. The number of ether oxygens (including phenoxy) is 1. The van der Waals surface area contributed by atoms with E-state index in [1.54, 1.807) is 31.2 Å². The maximum Gasteiger partial charge on any atom is 0.261 e. The fourth-order valence-electron chi connectivity index (χ4n) is 3.15. The van der Waals surface area contributed by atoms with Gasteiger partial charge in [0, 0.05) is 5.56 Å². The second-order valence-electron chi connectivity index (χ2n) is 6.30. The van der Waals surface area contributed by atoms with Crippen molar-refractivity contribution in [1.29, 1.82) is 0 Å². The first-order chi connectivity index (χ1) is 12.0. The molecule has 0 radical (unpaired) electrons. The molecule has 0 fully saturated rings. The second kappa shape index (κ2) is 7.38. The molecule has 0 saturated heterocycles. The average Bonchev–Trinajstić information content (AvgIpc) is 2.62. The van der Waals surface area contributed by atoms with E-state index in [0.29, 0.717) is 11.3 Å².